The van der Waals surface area contributed by atoms with Crippen LogP contribution in [0, 0.1) is 11.6 Å². The number of aromatic nitrogens is 1. The SMILES string of the molecule is CC1C(N(C)C)CCN1c1cc(F)c(S(=O)(=O)Nc2nccs2)c(F)c1Cl. The molecule has 1 fully saturated rings. The van der Waals surface area contributed by atoms with E-state index in [0.29, 0.717) is 6.54 Å². The van der Waals surface area contributed by atoms with Crippen LogP contribution in [-0.4, -0.2) is 51.0 Å². The van der Waals surface area contributed by atoms with E-state index in [2.05, 4.69) is 9.71 Å². The Morgan fingerprint density at radius 1 is 1.41 bits per heavy atom. The van der Waals surface area contributed by atoms with Gasteiger partial charge in [-0.05, 0) is 27.4 Å². The van der Waals surface area contributed by atoms with Crippen molar-refractivity contribution in [1.82, 2.24) is 9.88 Å². The number of hydrogen-bond acceptors (Lipinski definition) is 6. The minimum atomic E-state index is -4.51. The molecule has 2 unspecified atom stereocenters. The fourth-order valence-corrected chi connectivity index (χ4v) is 5.66. The minimum absolute atomic E-state index is 0.0102. The number of rotatable bonds is 5. The number of nitrogens with one attached hydrogen (secondary N) is 1. The van der Waals surface area contributed by atoms with Crippen LogP contribution in [-0.2, 0) is 10.0 Å². The molecule has 2 atom stereocenters. The van der Waals surface area contributed by atoms with Crippen LogP contribution < -0.4 is 9.62 Å². The van der Waals surface area contributed by atoms with E-state index in [0.717, 1.165) is 23.8 Å². The van der Waals surface area contributed by atoms with E-state index in [4.69, 9.17) is 11.6 Å². The monoisotopic (exact) mass is 436 g/mol. The second kappa shape index (κ2) is 7.50. The van der Waals surface area contributed by atoms with Crippen LogP contribution >= 0.6 is 22.9 Å². The average molecular weight is 437 g/mol. The van der Waals surface area contributed by atoms with Crippen molar-refractivity contribution in [1.29, 1.82) is 0 Å². The summed E-state index contributed by atoms with van der Waals surface area (Å²) in [5, 5.41) is 1.13. The maximum atomic E-state index is 14.8. The van der Waals surface area contributed by atoms with Gasteiger partial charge in [-0.15, -0.1) is 11.3 Å². The van der Waals surface area contributed by atoms with Gasteiger partial charge >= 0.3 is 0 Å². The van der Waals surface area contributed by atoms with Gasteiger partial charge in [0.25, 0.3) is 10.0 Å². The van der Waals surface area contributed by atoms with E-state index in [1.165, 1.54) is 11.6 Å². The van der Waals surface area contributed by atoms with E-state index in [9.17, 15) is 17.2 Å². The molecule has 0 amide bonds. The maximum absolute atomic E-state index is 14.8. The summed E-state index contributed by atoms with van der Waals surface area (Å²) < 4.78 is 56.4. The largest absolute Gasteiger partial charge is 0.366 e. The van der Waals surface area contributed by atoms with Crippen molar-refractivity contribution >= 4 is 43.8 Å². The van der Waals surface area contributed by atoms with E-state index in [1.807, 2.05) is 25.9 Å². The number of halogens is 3. The molecule has 1 aliphatic heterocycles. The Morgan fingerprint density at radius 3 is 2.67 bits per heavy atom. The smallest absolute Gasteiger partial charge is 0.269 e. The van der Waals surface area contributed by atoms with Gasteiger partial charge < -0.3 is 9.80 Å². The Kier molecular flexibility index (Phi) is 5.62. The second-order valence-electron chi connectivity index (χ2n) is 6.53. The maximum Gasteiger partial charge on any atom is 0.269 e. The first kappa shape index (κ1) is 20.2. The number of sulfonamides is 1. The molecule has 1 saturated heterocycles. The van der Waals surface area contributed by atoms with Crippen molar-refractivity contribution in [3.8, 4) is 0 Å². The number of likely N-dealkylation sites (N-methyl/N-ethyl adjacent to an activating group) is 1. The molecular formula is C16H19ClF2N4O2S2. The summed E-state index contributed by atoms with van der Waals surface area (Å²) in [6.07, 6.45) is 2.18. The first-order chi connectivity index (χ1) is 12.6. The van der Waals surface area contributed by atoms with Crippen molar-refractivity contribution in [2.24, 2.45) is 0 Å². The lowest BCUT2D eigenvalue weighted by molar-refractivity contribution is 0.283. The van der Waals surface area contributed by atoms with Crippen LogP contribution in [0.1, 0.15) is 13.3 Å². The highest BCUT2D eigenvalue weighted by atomic mass is 35.5. The van der Waals surface area contributed by atoms with Crippen molar-refractivity contribution in [2.45, 2.75) is 30.3 Å². The number of thiazole rings is 1. The zero-order chi connectivity index (χ0) is 19.9. The van der Waals surface area contributed by atoms with Crippen LogP contribution in [0.25, 0.3) is 0 Å². The average Bonchev–Trinajstić information content (AvgIpc) is 3.19. The molecule has 0 aliphatic carbocycles. The first-order valence-corrected chi connectivity index (χ1v) is 10.9. The molecule has 0 spiro atoms. The van der Waals surface area contributed by atoms with Crippen LogP contribution in [0.4, 0.5) is 19.6 Å². The molecule has 0 radical (unpaired) electrons. The first-order valence-electron chi connectivity index (χ1n) is 8.16. The third kappa shape index (κ3) is 3.75. The van der Waals surface area contributed by atoms with Gasteiger partial charge in [-0.1, -0.05) is 11.6 Å². The second-order valence-corrected chi connectivity index (χ2v) is 9.42. The summed E-state index contributed by atoms with van der Waals surface area (Å²) >= 11 is 7.12. The van der Waals surface area contributed by atoms with E-state index < -0.39 is 31.6 Å². The number of nitrogens with zero attached hydrogens (tertiary/aromatic N) is 3. The van der Waals surface area contributed by atoms with Crippen molar-refractivity contribution in [3.63, 3.8) is 0 Å². The van der Waals surface area contributed by atoms with E-state index >= 15 is 0 Å². The topological polar surface area (TPSA) is 65.5 Å². The lowest BCUT2D eigenvalue weighted by Gasteiger charge is -2.30. The summed E-state index contributed by atoms with van der Waals surface area (Å²) in [4.78, 5) is 6.49. The predicted octanol–water partition coefficient (Wildman–Crippen LogP) is 3.40. The molecule has 1 aromatic heterocycles. The van der Waals surface area contributed by atoms with Crippen molar-refractivity contribution in [2.75, 3.05) is 30.3 Å². The third-order valence-electron chi connectivity index (χ3n) is 4.71. The summed E-state index contributed by atoms with van der Waals surface area (Å²) in [5.41, 5.74) is 0.150. The molecule has 1 aliphatic rings. The summed E-state index contributed by atoms with van der Waals surface area (Å²) in [7, 11) is -0.633. The normalized spacial score (nSPS) is 20.5. The van der Waals surface area contributed by atoms with Gasteiger partial charge in [0.05, 0.1) is 5.69 Å². The summed E-state index contributed by atoms with van der Waals surface area (Å²) in [6, 6.07) is 1.14. The van der Waals surface area contributed by atoms with Gasteiger partial charge in [0.2, 0.25) is 0 Å². The third-order valence-corrected chi connectivity index (χ3v) is 7.26. The van der Waals surface area contributed by atoms with Gasteiger partial charge in [-0.3, -0.25) is 4.72 Å². The molecule has 27 heavy (non-hydrogen) atoms. The fraction of sp³-hybridized carbons (Fsp3) is 0.438. The van der Waals surface area contributed by atoms with Crippen LogP contribution in [0.2, 0.25) is 5.02 Å². The molecule has 2 aromatic rings. The highest BCUT2D eigenvalue weighted by molar-refractivity contribution is 7.93. The Bertz CT molecular complexity index is 938. The van der Waals surface area contributed by atoms with Gasteiger partial charge in [-0.25, -0.2) is 22.2 Å². The van der Waals surface area contributed by atoms with Crippen LogP contribution in [0.3, 0.4) is 0 Å². The molecule has 3 rings (SSSR count). The zero-order valence-corrected chi connectivity index (χ0v) is 17.3. The molecule has 6 nitrogen and oxygen atoms in total. The van der Waals surface area contributed by atoms with Gasteiger partial charge in [0, 0.05) is 36.3 Å². The van der Waals surface area contributed by atoms with Gasteiger partial charge in [-0.2, -0.15) is 0 Å². The van der Waals surface area contributed by atoms with Crippen LogP contribution in [0.15, 0.2) is 22.5 Å². The lowest BCUT2D eigenvalue weighted by Crippen LogP contribution is -2.40. The molecule has 1 aromatic carbocycles. The number of anilines is 2. The summed E-state index contributed by atoms with van der Waals surface area (Å²) in [5.74, 6) is -2.51. The molecular weight excluding hydrogens is 418 g/mol. The Morgan fingerprint density at radius 2 is 2.11 bits per heavy atom. The number of hydrogen-bond donors (Lipinski definition) is 1. The lowest BCUT2D eigenvalue weighted by atomic mass is 10.1. The molecule has 2 heterocycles. The molecule has 11 heteroatoms. The van der Waals surface area contributed by atoms with E-state index in [-0.39, 0.29) is 22.9 Å². The standard InChI is InChI=1S/C16H19ClF2N4O2S2/c1-9-11(22(2)3)4-6-23(9)12-8-10(18)15(14(19)13(12)17)27(24,25)21-16-20-5-7-26-16/h5,7-9,11H,4,6H2,1-3H3,(H,20,21). The highest BCUT2D eigenvalue weighted by Gasteiger charge is 2.36. The number of benzene rings is 1. The molecule has 148 valence electrons. The molecule has 0 bridgehead atoms. The van der Waals surface area contributed by atoms with Crippen molar-refractivity contribution < 1.29 is 17.2 Å². The van der Waals surface area contributed by atoms with E-state index in [1.54, 1.807) is 4.90 Å². The Labute approximate surface area is 165 Å². The minimum Gasteiger partial charge on any atom is -0.366 e. The molecule has 0 saturated carbocycles. The Hall–Kier alpha value is -1.49. The predicted molar refractivity (Wildman–Crippen MR) is 103 cm³/mol. The zero-order valence-electron chi connectivity index (χ0n) is 14.9. The highest BCUT2D eigenvalue weighted by Crippen LogP contribution is 2.38. The quantitative estimate of drug-likeness (QED) is 0.728. The molecule has 1 N–H and O–H groups in total. The Balaban J connectivity index is 2.00. The van der Waals surface area contributed by atoms with Crippen molar-refractivity contribution in [3.05, 3.63) is 34.3 Å². The summed E-state index contributed by atoms with van der Waals surface area (Å²) in [6.45, 7) is 2.50. The van der Waals surface area contributed by atoms with Gasteiger partial charge in [0.15, 0.2) is 15.8 Å². The van der Waals surface area contributed by atoms with Gasteiger partial charge in [0.1, 0.15) is 10.8 Å². The van der Waals surface area contributed by atoms with Crippen LogP contribution in [0.5, 0.6) is 0 Å². The fourth-order valence-electron chi connectivity index (χ4n) is 3.41.